The first-order valence-corrected chi connectivity index (χ1v) is 8.61. The van der Waals surface area contributed by atoms with Gasteiger partial charge in [0.05, 0.1) is 4.83 Å². The Morgan fingerprint density at radius 2 is 1.90 bits per heavy atom. The average Bonchev–Trinajstić information content (AvgIpc) is 2.49. The van der Waals surface area contributed by atoms with Crippen LogP contribution in [0.5, 0.6) is 5.75 Å². The van der Waals surface area contributed by atoms with Gasteiger partial charge >= 0.3 is 0 Å². The van der Waals surface area contributed by atoms with Crippen molar-refractivity contribution in [3.8, 4) is 16.9 Å². The molecule has 0 saturated heterocycles. The van der Waals surface area contributed by atoms with Crippen LogP contribution in [0.4, 0.5) is 0 Å². The van der Waals surface area contributed by atoms with Gasteiger partial charge in [0.25, 0.3) is 0 Å². The van der Waals surface area contributed by atoms with E-state index in [1.165, 1.54) is 11.1 Å². The van der Waals surface area contributed by atoms with E-state index in [1.54, 1.807) is 0 Å². The summed E-state index contributed by atoms with van der Waals surface area (Å²) in [5.41, 5.74) is 5.42. The number of carbonyl (C=O) groups is 1. The third-order valence-corrected chi connectivity index (χ3v) is 5.53. The zero-order valence-electron chi connectivity index (χ0n) is 11.2. The lowest BCUT2D eigenvalue weighted by molar-refractivity contribution is 0.0981. The quantitative estimate of drug-likeness (QED) is 0.580. The summed E-state index contributed by atoms with van der Waals surface area (Å²) < 4.78 is 6.93. The third kappa shape index (κ3) is 2.16. The number of halogens is 2. The zero-order chi connectivity index (χ0) is 14.6. The van der Waals surface area contributed by atoms with E-state index in [1.807, 2.05) is 12.1 Å². The summed E-state index contributed by atoms with van der Waals surface area (Å²) in [5.74, 6) is 0.989. The van der Waals surface area contributed by atoms with Crippen LogP contribution in [0.25, 0.3) is 11.1 Å². The van der Waals surface area contributed by atoms with Crippen molar-refractivity contribution in [2.24, 2.45) is 0 Å². The molecule has 2 aliphatic rings. The number of ketones is 1. The molecular weight excluding hydrogens is 396 g/mol. The Hall–Kier alpha value is -1.13. The first-order chi connectivity index (χ1) is 10.1. The molecule has 1 aliphatic heterocycles. The Labute approximate surface area is 139 Å². The molecule has 106 valence electrons. The maximum atomic E-state index is 12.3. The highest BCUT2D eigenvalue weighted by Gasteiger charge is 2.28. The molecule has 1 unspecified atom stereocenters. The van der Waals surface area contributed by atoms with Crippen LogP contribution in [-0.2, 0) is 13.0 Å². The molecule has 21 heavy (non-hydrogen) atoms. The van der Waals surface area contributed by atoms with Crippen molar-refractivity contribution in [2.75, 3.05) is 0 Å². The third-order valence-electron chi connectivity index (χ3n) is 4.16. The topological polar surface area (TPSA) is 26.3 Å². The molecule has 1 aliphatic carbocycles. The van der Waals surface area contributed by atoms with Crippen molar-refractivity contribution in [1.29, 1.82) is 0 Å². The molecule has 4 rings (SSSR count). The molecule has 0 N–H and O–H groups in total. The van der Waals surface area contributed by atoms with E-state index in [9.17, 15) is 4.79 Å². The fraction of sp³-hybridized carbons (Fsp3) is 0.235. The molecule has 0 aromatic heterocycles. The first-order valence-electron chi connectivity index (χ1n) is 6.90. The summed E-state index contributed by atoms with van der Waals surface area (Å²) in [4.78, 5) is 12.2. The van der Waals surface area contributed by atoms with Gasteiger partial charge in [-0.2, -0.15) is 0 Å². The van der Waals surface area contributed by atoms with Crippen molar-refractivity contribution >= 4 is 37.6 Å². The van der Waals surface area contributed by atoms with Crippen LogP contribution in [-0.4, -0.2) is 10.6 Å². The minimum Gasteiger partial charge on any atom is -0.488 e. The Morgan fingerprint density at radius 3 is 2.76 bits per heavy atom. The lowest BCUT2D eigenvalue weighted by Crippen LogP contribution is -2.23. The van der Waals surface area contributed by atoms with Gasteiger partial charge in [-0.25, -0.2) is 0 Å². The van der Waals surface area contributed by atoms with Crippen molar-refractivity contribution in [2.45, 2.75) is 24.3 Å². The molecule has 4 heteroatoms. The van der Waals surface area contributed by atoms with Crippen LogP contribution in [0.1, 0.15) is 27.9 Å². The SMILES string of the molecule is O=C1c2cc3c(cc2CCC1Br)-c1ccc(Br)cc1CO3. The molecule has 1 heterocycles. The minimum absolute atomic E-state index is 0.0603. The Bertz CT molecular complexity index is 768. The second-order valence-electron chi connectivity index (χ2n) is 5.47. The molecule has 2 nitrogen and oxygen atoms in total. The van der Waals surface area contributed by atoms with E-state index in [0.717, 1.165) is 39.8 Å². The van der Waals surface area contributed by atoms with Gasteiger partial charge in [-0.1, -0.05) is 37.9 Å². The van der Waals surface area contributed by atoms with Gasteiger partial charge in [-0.3, -0.25) is 4.79 Å². The molecule has 0 bridgehead atoms. The highest BCUT2D eigenvalue weighted by molar-refractivity contribution is 9.10. The minimum atomic E-state index is -0.0603. The maximum Gasteiger partial charge on any atom is 0.176 e. The van der Waals surface area contributed by atoms with Crippen molar-refractivity contribution in [1.82, 2.24) is 0 Å². The van der Waals surface area contributed by atoms with E-state index in [0.29, 0.717) is 6.61 Å². The second-order valence-corrected chi connectivity index (χ2v) is 7.49. The van der Waals surface area contributed by atoms with Gasteiger partial charge in [0.15, 0.2) is 5.78 Å². The lowest BCUT2D eigenvalue weighted by atomic mass is 9.86. The van der Waals surface area contributed by atoms with Gasteiger partial charge < -0.3 is 4.74 Å². The number of aryl methyl sites for hydroxylation is 1. The second kappa shape index (κ2) is 4.96. The summed E-state index contributed by atoms with van der Waals surface area (Å²) in [7, 11) is 0. The number of rotatable bonds is 0. The van der Waals surface area contributed by atoms with Crippen LogP contribution < -0.4 is 4.74 Å². The Morgan fingerprint density at radius 1 is 1.05 bits per heavy atom. The van der Waals surface area contributed by atoms with E-state index in [2.05, 4.69) is 50.1 Å². The van der Waals surface area contributed by atoms with E-state index in [-0.39, 0.29) is 10.6 Å². The fourth-order valence-electron chi connectivity index (χ4n) is 3.07. The predicted octanol–water partition coefficient (Wildman–Crippen LogP) is 4.90. The van der Waals surface area contributed by atoms with Crippen LogP contribution in [0.15, 0.2) is 34.8 Å². The highest BCUT2D eigenvalue weighted by Crippen LogP contribution is 2.42. The number of Topliss-reactive ketones (excluding diaryl/α,β-unsaturated/α-hetero) is 1. The van der Waals surface area contributed by atoms with Gasteiger partial charge in [0, 0.05) is 15.6 Å². The number of carbonyl (C=O) groups excluding carboxylic acids is 1. The summed E-state index contributed by atoms with van der Waals surface area (Å²) in [6.45, 7) is 0.548. The normalized spacial score (nSPS) is 19.3. The predicted molar refractivity (Wildman–Crippen MR) is 89.3 cm³/mol. The number of ether oxygens (including phenoxy) is 1. The molecule has 0 radical (unpaired) electrons. The van der Waals surface area contributed by atoms with Crippen LogP contribution in [0.3, 0.4) is 0 Å². The van der Waals surface area contributed by atoms with Crippen molar-refractivity contribution < 1.29 is 9.53 Å². The average molecular weight is 408 g/mol. The van der Waals surface area contributed by atoms with Crippen molar-refractivity contribution in [3.05, 3.63) is 51.5 Å². The first kappa shape index (κ1) is 13.5. The summed E-state index contributed by atoms with van der Waals surface area (Å²) in [6, 6.07) is 10.3. The molecule has 2 aromatic carbocycles. The summed E-state index contributed by atoms with van der Waals surface area (Å²) in [6.07, 6.45) is 1.79. The van der Waals surface area contributed by atoms with Gasteiger partial charge in [-0.15, -0.1) is 0 Å². The monoisotopic (exact) mass is 406 g/mol. The lowest BCUT2D eigenvalue weighted by Gasteiger charge is -2.26. The maximum absolute atomic E-state index is 12.3. The standard InChI is InChI=1S/C17H12Br2O2/c18-11-2-3-12-10(5-11)8-21-16-7-13-9(6-14(12)16)1-4-15(19)17(13)20/h2-3,5-7,15H,1,4,8H2. The number of hydrogen-bond acceptors (Lipinski definition) is 2. The summed E-state index contributed by atoms with van der Waals surface area (Å²) in [5, 5.41) is 0. The largest absolute Gasteiger partial charge is 0.488 e. The molecule has 0 amide bonds. The van der Waals surface area contributed by atoms with Crippen molar-refractivity contribution in [3.63, 3.8) is 0 Å². The fourth-order valence-corrected chi connectivity index (χ4v) is 3.96. The van der Waals surface area contributed by atoms with Gasteiger partial charge in [0.2, 0.25) is 0 Å². The molecular formula is C17H12Br2O2. The van der Waals surface area contributed by atoms with E-state index >= 15 is 0 Å². The summed E-state index contributed by atoms with van der Waals surface area (Å²) >= 11 is 6.96. The molecule has 0 saturated carbocycles. The van der Waals surface area contributed by atoms with E-state index in [4.69, 9.17) is 4.74 Å². The Kier molecular flexibility index (Phi) is 3.19. The zero-order valence-corrected chi connectivity index (χ0v) is 14.3. The number of alkyl halides is 1. The van der Waals surface area contributed by atoms with Crippen LogP contribution >= 0.6 is 31.9 Å². The van der Waals surface area contributed by atoms with Gasteiger partial charge in [0.1, 0.15) is 12.4 Å². The molecule has 0 fully saturated rings. The van der Waals surface area contributed by atoms with Crippen LogP contribution in [0.2, 0.25) is 0 Å². The molecule has 0 spiro atoms. The van der Waals surface area contributed by atoms with Crippen LogP contribution in [0, 0.1) is 0 Å². The number of benzene rings is 2. The van der Waals surface area contributed by atoms with Gasteiger partial charge in [-0.05, 0) is 53.8 Å². The molecule has 1 atom stereocenters. The highest BCUT2D eigenvalue weighted by atomic mass is 79.9. The smallest absolute Gasteiger partial charge is 0.176 e. The molecule has 2 aromatic rings. The Balaban J connectivity index is 1.90. The van der Waals surface area contributed by atoms with E-state index < -0.39 is 0 Å². The number of fused-ring (bicyclic) bond motifs is 4. The number of hydrogen-bond donors (Lipinski definition) is 0.